The predicted molar refractivity (Wildman–Crippen MR) is 62.9 cm³/mol. The minimum Gasteiger partial charge on any atom is -0.377 e. The molecule has 0 aromatic carbocycles. The van der Waals surface area contributed by atoms with Gasteiger partial charge in [-0.3, -0.25) is 9.52 Å². The van der Waals surface area contributed by atoms with Crippen molar-refractivity contribution in [2.45, 2.75) is 44.6 Å². The van der Waals surface area contributed by atoms with Crippen molar-refractivity contribution in [1.82, 2.24) is 4.72 Å². The number of carbonyl (C=O) groups is 1. The van der Waals surface area contributed by atoms with Crippen LogP contribution in [-0.4, -0.2) is 32.8 Å². The van der Waals surface area contributed by atoms with Crippen LogP contribution in [-0.2, 0) is 19.6 Å². The summed E-state index contributed by atoms with van der Waals surface area (Å²) >= 11 is 0. The second kappa shape index (κ2) is 5.35. The highest BCUT2D eigenvalue weighted by Crippen LogP contribution is 2.25. The molecule has 1 amide bonds. The number of carbonyl (C=O) groups excluding carboxylic acids is 1. The fourth-order valence-electron chi connectivity index (χ4n) is 2.49. The lowest BCUT2D eigenvalue weighted by Gasteiger charge is -2.13. The van der Waals surface area contributed by atoms with Gasteiger partial charge in [0.05, 0.1) is 11.9 Å². The molecule has 1 unspecified atom stereocenters. The molecule has 1 aliphatic carbocycles. The normalized spacial score (nSPS) is 26.2. The van der Waals surface area contributed by atoms with E-state index in [0.29, 0.717) is 6.61 Å². The molecule has 2 fully saturated rings. The molecule has 5 nitrogen and oxygen atoms in total. The van der Waals surface area contributed by atoms with Crippen LogP contribution in [0.4, 0.5) is 0 Å². The number of sulfonamides is 1. The first-order valence-electron chi connectivity index (χ1n) is 6.23. The second-order valence-corrected chi connectivity index (χ2v) is 6.63. The molecule has 1 N–H and O–H groups in total. The largest absolute Gasteiger partial charge is 0.377 e. The quantitative estimate of drug-likeness (QED) is 0.812. The van der Waals surface area contributed by atoms with Crippen LogP contribution in [0, 0.1) is 5.92 Å². The van der Waals surface area contributed by atoms with Crippen LogP contribution in [0.3, 0.4) is 0 Å². The van der Waals surface area contributed by atoms with Crippen LogP contribution < -0.4 is 4.72 Å². The van der Waals surface area contributed by atoms with E-state index < -0.39 is 10.0 Å². The lowest BCUT2D eigenvalue weighted by molar-refractivity contribution is -0.122. The molecule has 1 aliphatic heterocycles. The minimum absolute atomic E-state index is 0.0918. The summed E-state index contributed by atoms with van der Waals surface area (Å²) < 4.78 is 30.9. The molecule has 6 heteroatoms. The van der Waals surface area contributed by atoms with Gasteiger partial charge in [0.1, 0.15) is 0 Å². The van der Waals surface area contributed by atoms with Crippen molar-refractivity contribution in [1.29, 1.82) is 0 Å². The molecule has 1 saturated heterocycles. The van der Waals surface area contributed by atoms with Crippen molar-refractivity contribution in [2.75, 3.05) is 12.4 Å². The molecule has 17 heavy (non-hydrogen) atoms. The van der Waals surface area contributed by atoms with Crippen molar-refractivity contribution in [3.05, 3.63) is 0 Å². The van der Waals surface area contributed by atoms with Gasteiger partial charge in [-0.15, -0.1) is 0 Å². The van der Waals surface area contributed by atoms with Gasteiger partial charge in [0.25, 0.3) is 0 Å². The highest BCUT2D eigenvalue weighted by Gasteiger charge is 2.29. The Hall–Kier alpha value is -0.620. The molecule has 0 aromatic rings. The average Bonchev–Trinajstić information content (AvgIpc) is 2.85. The SMILES string of the molecule is O=C(NS(=O)(=O)CC1CCCO1)C1CCCC1. The monoisotopic (exact) mass is 261 g/mol. The number of hydrogen-bond acceptors (Lipinski definition) is 4. The zero-order valence-electron chi connectivity index (χ0n) is 9.85. The van der Waals surface area contributed by atoms with E-state index in [1.54, 1.807) is 0 Å². The van der Waals surface area contributed by atoms with Gasteiger partial charge in [-0.05, 0) is 25.7 Å². The topological polar surface area (TPSA) is 72.5 Å². The van der Waals surface area contributed by atoms with Crippen LogP contribution >= 0.6 is 0 Å². The Labute approximate surface area is 102 Å². The summed E-state index contributed by atoms with van der Waals surface area (Å²) in [5.41, 5.74) is 0. The van der Waals surface area contributed by atoms with Gasteiger partial charge in [-0.25, -0.2) is 8.42 Å². The maximum Gasteiger partial charge on any atom is 0.237 e. The van der Waals surface area contributed by atoms with E-state index in [-0.39, 0.29) is 23.7 Å². The fourth-order valence-corrected chi connectivity index (χ4v) is 3.80. The molecular weight excluding hydrogens is 242 g/mol. The summed E-state index contributed by atoms with van der Waals surface area (Å²) in [6, 6.07) is 0. The molecule has 0 bridgehead atoms. The van der Waals surface area contributed by atoms with Gasteiger partial charge in [0.15, 0.2) is 0 Å². The lowest BCUT2D eigenvalue weighted by Crippen LogP contribution is -2.39. The zero-order valence-corrected chi connectivity index (χ0v) is 10.7. The van der Waals surface area contributed by atoms with Crippen LogP contribution in [0.15, 0.2) is 0 Å². The van der Waals surface area contributed by atoms with Crippen molar-refractivity contribution in [3.8, 4) is 0 Å². The Balaban J connectivity index is 1.85. The van der Waals surface area contributed by atoms with Gasteiger partial charge in [-0.1, -0.05) is 12.8 Å². The molecule has 0 aromatic heterocycles. The fraction of sp³-hybridized carbons (Fsp3) is 0.909. The van der Waals surface area contributed by atoms with Gasteiger partial charge in [-0.2, -0.15) is 0 Å². The second-order valence-electron chi connectivity index (χ2n) is 4.86. The van der Waals surface area contributed by atoms with Gasteiger partial charge in [0, 0.05) is 12.5 Å². The molecule has 0 radical (unpaired) electrons. The third-order valence-electron chi connectivity index (χ3n) is 3.41. The Kier molecular flexibility index (Phi) is 4.04. The van der Waals surface area contributed by atoms with E-state index in [2.05, 4.69) is 4.72 Å². The van der Waals surface area contributed by atoms with Gasteiger partial charge >= 0.3 is 0 Å². The van der Waals surface area contributed by atoms with E-state index >= 15 is 0 Å². The highest BCUT2D eigenvalue weighted by molar-refractivity contribution is 7.90. The minimum atomic E-state index is -3.53. The Morgan fingerprint density at radius 2 is 1.88 bits per heavy atom. The number of nitrogens with one attached hydrogen (secondary N) is 1. The zero-order chi connectivity index (χ0) is 12.3. The van der Waals surface area contributed by atoms with Crippen molar-refractivity contribution >= 4 is 15.9 Å². The van der Waals surface area contributed by atoms with E-state index in [9.17, 15) is 13.2 Å². The van der Waals surface area contributed by atoms with Gasteiger partial charge in [0.2, 0.25) is 15.9 Å². The summed E-state index contributed by atoms with van der Waals surface area (Å²) in [6.45, 7) is 0.622. The van der Waals surface area contributed by atoms with Crippen LogP contribution in [0.1, 0.15) is 38.5 Å². The van der Waals surface area contributed by atoms with Gasteiger partial charge < -0.3 is 4.74 Å². The standard InChI is InChI=1S/C11H19NO4S/c13-11(9-4-1-2-5-9)12-17(14,15)8-10-6-3-7-16-10/h9-10H,1-8H2,(H,12,13). The third kappa shape index (κ3) is 3.67. The van der Waals surface area contributed by atoms with Crippen molar-refractivity contribution < 1.29 is 17.9 Å². The molecular formula is C11H19NO4S. The highest BCUT2D eigenvalue weighted by atomic mass is 32.2. The summed E-state index contributed by atoms with van der Waals surface area (Å²) in [6.07, 6.45) is 5.06. The van der Waals surface area contributed by atoms with Crippen molar-refractivity contribution in [2.24, 2.45) is 5.92 Å². The van der Waals surface area contributed by atoms with E-state index in [1.165, 1.54) is 0 Å². The molecule has 1 saturated carbocycles. The first kappa shape index (κ1) is 12.8. The predicted octanol–water partition coefficient (Wildman–Crippen LogP) is 0.802. The molecule has 1 heterocycles. The maximum atomic E-state index is 11.7. The number of ether oxygens (including phenoxy) is 1. The van der Waals surface area contributed by atoms with Crippen LogP contribution in [0.25, 0.3) is 0 Å². The van der Waals surface area contributed by atoms with Crippen molar-refractivity contribution in [3.63, 3.8) is 0 Å². The summed E-state index contributed by atoms with van der Waals surface area (Å²) in [7, 11) is -3.53. The van der Waals surface area contributed by atoms with E-state index in [0.717, 1.165) is 38.5 Å². The average molecular weight is 261 g/mol. The maximum absolute atomic E-state index is 11.7. The summed E-state index contributed by atoms with van der Waals surface area (Å²) in [5.74, 6) is -0.541. The van der Waals surface area contributed by atoms with Crippen LogP contribution in [0.2, 0.25) is 0 Å². The Bertz CT molecular complexity index is 367. The number of amides is 1. The van der Waals surface area contributed by atoms with Crippen LogP contribution in [0.5, 0.6) is 0 Å². The Morgan fingerprint density at radius 1 is 1.18 bits per heavy atom. The molecule has 2 rings (SSSR count). The smallest absolute Gasteiger partial charge is 0.237 e. The Morgan fingerprint density at radius 3 is 2.47 bits per heavy atom. The summed E-state index contributed by atoms with van der Waals surface area (Å²) in [4.78, 5) is 11.7. The van der Waals surface area contributed by atoms with E-state index in [4.69, 9.17) is 4.74 Å². The summed E-state index contributed by atoms with van der Waals surface area (Å²) in [5, 5.41) is 0. The molecule has 1 atom stereocenters. The lowest BCUT2D eigenvalue weighted by atomic mass is 10.1. The van der Waals surface area contributed by atoms with E-state index in [1.807, 2.05) is 0 Å². The molecule has 2 aliphatic rings. The molecule has 98 valence electrons. The molecule has 0 spiro atoms. The number of hydrogen-bond donors (Lipinski definition) is 1. The first-order valence-corrected chi connectivity index (χ1v) is 7.88. The third-order valence-corrected chi connectivity index (χ3v) is 4.73. The first-order chi connectivity index (χ1) is 8.07. The number of rotatable bonds is 4.